The summed E-state index contributed by atoms with van der Waals surface area (Å²) in [4.78, 5) is 14.1. The topological polar surface area (TPSA) is 82.0 Å². The summed E-state index contributed by atoms with van der Waals surface area (Å²) in [6.45, 7) is 0. The molecular weight excluding hydrogens is 142 g/mol. The lowest BCUT2D eigenvalue weighted by molar-refractivity contribution is 0.1000. The van der Waals surface area contributed by atoms with Crippen LogP contribution in [-0.4, -0.2) is 17.9 Å². The molecule has 0 bridgehead atoms. The molecule has 1 amide bonds. The monoisotopic (exact) mass is 153 g/mol. The first-order valence-electron chi connectivity index (χ1n) is 3.08. The second kappa shape index (κ2) is 5.37. The SMILES string of the molecule is CN.NC(=O)c1cccnc1. The van der Waals surface area contributed by atoms with Gasteiger partial charge in [-0.3, -0.25) is 9.78 Å². The van der Waals surface area contributed by atoms with Crippen LogP contribution in [0, 0.1) is 0 Å². The number of aromatic nitrogens is 1. The maximum Gasteiger partial charge on any atom is 0.250 e. The largest absolute Gasteiger partial charge is 0.366 e. The standard InChI is InChI=1S/C6H6N2O.CH5N/c7-6(9)5-2-1-3-8-4-5;1-2/h1-4H,(H2,7,9);2H2,1H3. The molecule has 4 nitrogen and oxygen atoms in total. The van der Waals surface area contributed by atoms with E-state index in [1.807, 2.05) is 0 Å². The molecule has 1 aromatic rings. The van der Waals surface area contributed by atoms with Crippen molar-refractivity contribution in [2.45, 2.75) is 0 Å². The highest BCUT2D eigenvalue weighted by atomic mass is 16.1. The number of primary amides is 1. The lowest BCUT2D eigenvalue weighted by Crippen LogP contribution is -2.10. The molecule has 0 aliphatic heterocycles. The van der Waals surface area contributed by atoms with E-state index < -0.39 is 5.91 Å². The van der Waals surface area contributed by atoms with Crippen molar-refractivity contribution in [1.29, 1.82) is 0 Å². The molecule has 1 aromatic heterocycles. The zero-order valence-electron chi connectivity index (χ0n) is 6.32. The maximum absolute atomic E-state index is 10.4. The van der Waals surface area contributed by atoms with Crippen LogP contribution < -0.4 is 11.5 Å². The number of rotatable bonds is 1. The van der Waals surface area contributed by atoms with E-state index in [-0.39, 0.29) is 0 Å². The molecule has 0 fully saturated rings. The van der Waals surface area contributed by atoms with Gasteiger partial charge in [-0.05, 0) is 19.2 Å². The Labute approximate surface area is 65.2 Å². The van der Waals surface area contributed by atoms with Crippen LogP contribution >= 0.6 is 0 Å². The van der Waals surface area contributed by atoms with Gasteiger partial charge in [0, 0.05) is 12.4 Å². The number of nitrogens with zero attached hydrogens (tertiary/aromatic N) is 1. The Morgan fingerprint density at radius 2 is 2.18 bits per heavy atom. The van der Waals surface area contributed by atoms with Crippen LogP contribution in [0.2, 0.25) is 0 Å². The number of hydrogen-bond donors (Lipinski definition) is 2. The average molecular weight is 153 g/mol. The van der Waals surface area contributed by atoms with Gasteiger partial charge in [-0.25, -0.2) is 0 Å². The Kier molecular flexibility index (Phi) is 4.68. The Morgan fingerprint density at radius 3 is 2.45 bits per heavy atom. The highest BCUT2D eigenvalue weighted by Gasteiger charge is 1.94. The van der Waals surface area contributed by atoms with Crippen molar-refractivity contribution in [1.82, 2.24) is 4.98 Å². The third kappa shape index (κ3) is 3.32. The van der Waals surface area contributed by atoms with E-state index in [1.165, 1.54) is 13.2 Å². The van der Waals surface area contributed by atoms with Crippen molar-refractivity contribution < 1.29 is 4.79 Å². The quantitative estimate of drug-likeness (QED) is 0.584. The molecule has 60 valence electrons. The molecule has 0 aliphatic rings. The first kappa shape index (κ1) is 9.58. The summed E-state index contributed by atoms with van der Waals surface area (Å²) in [5.74, 6) is -0.442. The van der Waals surface area contributed by atoms with Gasteiger partial charge in [0.15, 0.2) is 0 Å². The first-order chi connectivity index (χ1) is 5.30. The van der Waals surface area contributed by atoms with Gasteiger partial charge in [-0.1, -0.05) is 0 Å². The number of nitrogens with two attached hydrogens (primary N) is 2. The zero-order chi connectivity index (χ0) is 8.69. The summed E-state index contributed by atoms with van der Waals surface area (Å²) in [6, 6.07) is 3.29. The summed E-state index contributed by atoms with van der Waals surface area (Å²) < 4.78 is 0. The van der Waals surface area contributed by atoms with E-state index in [2.05, 4.69) is 10.7 Å². The second-order valence-corrected chi connectivity index (χ2v) is 1.61. The van der Waals surface area contributed by atoms with Gasteiger partial charge in [0.05, 0.1) is 5.56 Å². The van der Waals surface area contributed by atoms with E-state index in [0.717, 1.165) is 0 Å². The average Bonchev–Trinajstić information content (AvgIpc) is 2.10. The fourth-order valence-electron chi connectivity index (χ4n) is 0.509. The summed E-state index contributed by atoms with van der Waals surface area (Å²) >= 11 is 0. The second-order valence-electron chi connectivity index (χ2n) is 1.61. The van der Waals surface area contributed by atoms with Crippen molar-refractivity contribution in [3.8, 4) is 0 Å². The fourth-order valence-corrected chi connectivity index (χ4v) is 0.509. The van der Waals surface area contributed by atoms with Gasteiger partial charge in [-0.15, -0.1) is 0 Å². The van der Waals surface area contributed by atoms with Gasteiger partial charge < -0.3 is 11.5 Å². The minimum absolute atomic E-state index is 0.442. The van der Waals surface area contributed by atoms with E-state index >= 15 is 0 Å². The van der Waals surface area contributed by atoms with Gasteiger partial charge in [0.2, 0.25) is 5.91 Å². The molecule has 0 radical (unpaired) electrons. The molecule has 4 N–H and O–H groups in total. The smallest absolute Gasteiger partial charge is 0.250 e. The third-order valence-corrected chi connectivity index (χ3v) is 0.946. The van der Waals surface area contributed by atoms with Crippen molar-refractivity contribution in [3.63, 3.8) is 0 Å². The van der Waals surface area contributed by atoms with Gasteiger partial charge in [-0.2, -0.15) is 0 Å². The predicted octanol–water partition coefficient (Wildman–Crippen LogP) is -0.245. The van der Waals surface area contributed by atoms with Crippen LogP contribution in [0.3, 0.4) is 0 Å². The molecule has 0 atom stereocenters. The Hall–Kier alpha value is -1.42. The molecule has 11 heavy (non-hydrogen) atoms. The molecular formula is C7H11N3O. The predicted molar refractivity (Wildman–Crippen MR) is 42.9 cm³/mol. The highest BCUT2D eigenvalue weighted by Crippen LogP contribution is 1.91. The van der Waals surface area contributed by atoms with Gasteiger partial charge >= 0.3 is 0 Å². The number of carbonyl (C=O) groups excluding carboxylic acids is 1. The number of amides is 1. The van der Waals surface area contributed by atoms with E-state index in [4.69, 9.17) is 5.73 Å². The summed E-state index contributed by atoms with van der Waals surface area (Å²) in [5, 5.41) is 0. The van der Waals surface area contributed by atoms with Gasteiger partial charge in [0.25, 0.3) is 0 Å². The van der Waals surface area contributed by atoms with Crippen LogP contribution in [-0.2, 0) is 0 Å². The van der Waals surface area contributed by atoms with Crippen molar-refractivity contribution >= 4 is 5.91 Å². The van der Waals surface area contributed by atoms with Crippen molar-refractivity contribution in [3.05, 3.63) is 30.1 Å². The number of carbonyl (C=O) groups is 1. The van der Waals surface area contributed by atoms with E-state index in [9.17, 15) is 4.79 Å². The van der Waals surface area contributed by atoms with Crippen molar-refractivity contribution in [2.24, 2.45) is 11.5 Å². The Bertz CT molecular complexity index is 210. The van der Waals surface area contributed by atoms with Crippen LogP contribution in [0.5, 0.6) is 0 Å². The van der Waals surface area contributed by atoms with Gasteiger partial charge in [0.1, 0.15) is 0 Å². The molecule has 4 heteroatoms. The molecule has 1 rings (SSSR count). The van der Waals surface area contributed by atoms with E-state index in [0.29, 0.717) is 5.56 Å². The molecule has 0 saturated carbocycles. The lowest BCUT2D eigenvalue weighted by Gasteiger charge is -1.88. The minimum atomic E-state index is -0.442. The zero-order valence-corrected chi connectivity index (χ0v) is 6.32. The molecule has 0 spiro atoms. The molecule has 0 saturated heterocycles. The Morgan fingerprint density at radius 1 is 1.55 bits per heavy atom. The molecule has 0 aromatic carbocycles. The van der Waals surface area contributed by atoms with Crippen LogP contribution in [0.15, 0.2) is 24.5 Å². The Balaban J connectivity index is 0.000000461. The summed E-state index contributed by atoms with van der Waals surface area (Å²) in [7, 11) is 1.50. The summed E-state index contributed by atoms with van der Waals surface area (Å²) in [5.41, 5.74) is 9.88. The van der Waals surface area contributed by atoms with Crippen LogP contribution in [0.25, 0.3) is 0 Å². The third-order valence-electron chi connectivity index (χ3n) is 0.946. The van der Waals surface area contributed by atoms with Crippen molar-refractivity contribution in [2.75, 3.05) is 7.05 Å². The summed E-state index contributed by atoms with van der Waals surface area (Å²) in [6.07, 6.45) is 3.02. The molecule has 0 aliphatic carbocycles. The van der Waals surface area contributed by atoms with Crippen LogP contribution in [0.1, 0.15) is 10.4 Å². The maximum atomic E-state index is 10.4. The molecule has 1 heterocycles. The minimum Gasteiger partial charge on any atom is -0.366 e. The number of pyridine rings is 1. The number of hydrogen-bond acceptors (Lipinski definition) is 3. The normalized spacial score (nSPS) is 7.82. The fraction of sp³-hybridized carbons (Fsp3) is 0.143. The molecule has 0 unspecified atom stereocenters. The highest BCUT2D eigenvalue weighted by molar-refractivity contribution is 5.92. The van der Waals surface area contributed by atoms with Crippen LogP contribution in [0.4, 0.5) is 0 Å². The first-order valence-corrected chi connectivity index (χ1v) is 3.08. The van der Waals surface area contributed by atoms with E-state index in [1.54, 1.807) is 18.3 Å². The lowest BCUT2D eigenvalue weighted by atomic mass is 10.3.